The zero-order valence-corrected chi connectivity index (χ0v) is 11.2. The van der Waals surface area contributed by atoms with Gasteiger partial charge in [0.1, 0.15) is 29.7 Å². The van der Waals surface area contributed by atoms with Crippen molar-refractivity contribution in [3.63, 3.8) is 0 Å². The van der Waals surface area contributed by atoms with Gasteiger partial charge in [-0.25, -0.2) is 15.0 Å². The second-order valence-electron chi connectivity index (χ2n) is 4.28. The highest BCUT2D eigenvalue weighted by Gasteiger charge is 2.13. The van der Waals surface area contributed by atoms with Crippen LogP contribution in [0.4, 0.5) is 0 Å². The van der Waals surface area contributed by atoms with Crippen LogP contribution in [-0.4, -0.2) is 32.4 Å². The lowest BCUT2D eigenvalue weighted by Crippen LogP contribution is -2.15. The van der Waals surface area contributed by atoms with Crippen molar-refractivity contribution in [3.8, 4) is 11.8 Å². The molecule has 0 atom stereocenters. The second-order valence-corrected chi connectivity index (χ2v) is 4.28. The number of nitrogens with zero attached hydrogens (tertiary/aromatic N) is 6. The number of aromatic nitrogens is 4. The largest absolute Gasteiger partial charge is 0.382 e. The Hall–Kier alpha value is -3.27. The second kappa shape index (κ2) is 5.02. The third-order valence-corrected chi connectivity index (χ3v) is 3.09. The van der Waals surface area contributed by atoms with Crippen LogP contribution in [0.5, 0.6) is 0 Å². The Kier molecular flexibility index (Phi) is 3.04. The number of hydrogen-bond acceptors (Lipinski definition) is 5. The highest BCUT2D eigenvalue weighted by atomic mass is 15.1. The zero-order chi connectivity index (χ0) is 14.8. The molecule has 0 unspecified atom stereocenters. The van der Waals surface area contributed by atoms with E-state index < -0.39 is 0 Å². The minimum absolute atomic E-state index is 0.312. The van der Waals surface area contributed by atoms with E-state index in [2.05, 4.69) is 26.0 Å². The van der Waals surface area contributed by atoms with E-state index in [0.29, 0.717) is 28.3 Å². The van der Waals surface area contributed by atoms with Crippen molar-refractivity contribution >= 4 is 17.0 Å². The van der Waals surface area contributed by atoms with Crippen LogP contribution in [0.25, 0.3) is 16.9 Å². The molecule has 0 aliphatic carbocycles. The summed E-state index contributed by atoms with van der Waals surface area (Å²) in [5.74, 6) is 0.312. The van der Waals surface area contributed by atoms with E-state index in [1.165, 1.54) is 6.33 Å². The predicted molar refractivity (Wildman–Crippen MR) is 78.0 cm³/mol. The van der Waals surface area contributed by atoms with Crippen LogP contribution in [0.1, 0.15) is 11.3 Å². The Morgan fingerprint density at radius 2 is 2.00 bits per heavy atom. The molecule has 0 aliphatic heterocycles. The summed E-state index contributed by atoms with van der Waals surface area (Å²) < 4.78 is 1.81. The third kappa shape index (κ3) is 2.08. The van der Waals surface area contributed by atoms with Gasteiger partial charge in [-0.05, 0) is 24.3 Å². The summed E-state index contributed by atoms with van der Waals surface area (Å²) in [7, 11) is 1.60. The van der Waals surface area contributed by atoms with E-state index in [4.69, 9.17) is 11.0 Å². The average molecular weight is 277 g/mol. The molecule has 21 heavy (non-hydrogen) atoms. The number of rotatable bonds is 2. The van der Waals surface area contributed by atoms with Crippen LogP contribution in [0, 0.1) is 11.3 Å². The molecule has 7 nitrogen and oxygen atoms in total. The zero-order valence-electron chi connectivity index (χ0n) is 11.2. The fourth-order valence-corrected chi connectivity index (χ4v) is 2.01. The first kappa shape index (κ1) is 12.7. The molecule has 0 fully saturated rings. The first-order chi connectivity index (χ1) is 10.2. The van der Waals surface area contributed by atoms with Gasteiger partial charge in [-0.15, -0.1) is 0 Å². The van der Waals surface area contributed by atoms with Gasteiger partial charge in [-0.3, -0.25) is 9.56 Å². The van der Waals surface area contributed by atoms with Crippen LogP contribution in [0.15, 0.2) is 41.9 Å². The van der Waals surface area contributed by atoms with E-state index in [1.807, 2.05) is 16.7 Å². The van der Waals surface area contributed by atoms with Crippen LogP contribution in [0.2, 0.25) is 0 Å². The lowest BCUT2D eigenvalue weighted by Gasteiger charge is -2.04. The third-order valence-electron chi connectivity index (χ3n) is 3.09. The Morgan fingerprint density at radius 3 is 2.67 bits per heavy atom. The fraction of sp³-hybridized carbons (Fsp3) is 0.0714. The van der Waals surface area contributed by atoms with Crippen molar-refractivity contribution in [2.75, 3.05) is 7.05 Å². The maximum absolute atomic E-state index is 8.84. The molecule has 7 heteroatoms. The fourth-order valence-electron chi connectivity index (χ4n) is 2.01. The van der Waals surface area contributed by atoms with Crippen molar-refractivity contribution in [1.82, 2.24) is 19.5 Å². The molecule has 1 aromatic carbocycles. The molecule has 0 bridgehead atoms. The lowest BCUT2D eigenvalue weighted by molar-refractivity contribution is 1.06. The van der Waals surface area contributed by atoms with E-state index in [1.54, 1.807) is 25.5 Å². The molecule has 2 N–H and O–H groups in total. The van der Waals surface area contributed by atoms with Crippen LogP contribution in [-0.2, 0) is 0 Å². The number of imidazole rings is 1. The summed E-state index contributed by atoms with van der Waals surface area (Å²) in [5.41, 5.74) is 9.01. The van der Waals surface area contributed by atoms with Crippen molar-refractivity contribution in [2.24, 2.45) is 10.7 Å². The Labute approximate surface area is 120 Å². The molecular weight excluding hydrogens is 266 g/mol. The molecule has 0 radical (unpaired) electrons. The van der Waals surface area contributed by atoms with Gasteiger partial charge in [0.2, 0.25) is 0 Å². The number of nitriles is 1. The summed E-state index contributed by atoms with van der Waals surface area (Å²) >= 11 is 0. The van der Waals surface area contributed by atoms with Crippen molar-refractivity contribution in [3.05, 3.63) is 48.2 Å². The molecule has 2 heterocycles. The maximum atomic E-state index is 8.84. The highest BCUT2D eigenvalue weighted by Crippen LogP contribution is 2.18. The van der Waals surface area contributed by atoms with Gasteiger partial charge in [0.15, 0.2) is 5.65 Å². The first-order valence-corrected chi connectivity index (χ1v) is 6.16. The quantitative estimate of drug-likeness (QED) is 0.556. The van der Waals surface area contributed by atoms with Gasteiger partial charge in [0.25, 0.3) is 0 Å². The smallest absolute Gasteiger partial charge is 0.168 e. The summed E-state index contributed by atoms with van der Waals surface area (Å²) in [6.45, 7) is 0. The molecule has 0 saturated carbocycles. The first-order valence-electron chi connectivity index (χ1n) is 6.16. The molecule has 3 aromatic rings. The Balaban J connectivity index is 2.19. The maximum Gasteiger partial charge on any atom is 0.168 e. The molecule has 2 aromatic heterocycles. The van der Waals surface area contributed by atoms with Gasteiger partial charge in [-0.2, -0.15) is 5.26 Å². The minimum atomic E-state index is 0.312. The molecule has 0 amide bonds. The van der Waals surface area contributed by atoms with Crippen LogP contribution < -0.4 is 5.73 Å². The minimum Gasteiger partial charge on any atom is -0.382 e. The number of nitrogens with two attached hydrogens (primary N) is 1. The van der Waals surface area contributed by atoms with E-state index in [0.717, 1.165) is 5.69 Å². The van der Waals surface area contributed by atoms with Crippen molar-refractivity contribution in [2.45, 2.75) is 0 Å². The number of hydrogen-bond donors (Lipinski definition) is 1. The molecule has 0 saturated heterocycles. The van der Waals surface area contributed by atoms with Crippen LogP contribution in [0.3, 0.4) is 0 Å². The average Bonchev–Trinajstić information content (AvgIpc) is 2.98. The number of benzene rings is 1. The summed E-state index contributed by atoms with van der Waals surface area (Å²) in [6.07, 6.45) is 3.07. The number of amidine groups is 1. The molecular formula is C14H11N7. The Morgan fingerprint density at radius 1 is 1.24 bits per heavy atom. The van der Waals surface area contributed by atoms with Gasteiger partial charge in [0, 0.05) is 12.7 Å². The summed E-state index contributed by atoms with van der Waals surface area (Å²) in [4.78, 5) is 16.6. The number of fused-ring (bicyclic) bond motifs is 1. The standard InChI is InChI=1S/C14H11N7/c1-17-13(16)11-12-14(19-7-18-11)21(8-20-12)10-4-2-9(6-15)3-5-10/h2-5,7-8H,1H3,(H2,16,17). The molecule has 102 valence electrons. The summed E-state index contributed by atoms with van der Waals surface area (Å²) in [6, 6.07) is 9.23. The van der Waals surface area contributed by atoms with E-state index >= 15 is 0 Å². The predicted octanol–water partition coefficient (Wildman–Crippen LogP) is 1.02. The van der Waals surface area contributed by atoms with E-state index in [9.17, 15) is 0 Å². The normalized spacial score (nSPS) is 11.5. The van der Waals surface area contributed by atoms with Gasteiger partial charge in [0.05, 0.1) is 11.6 Å². The van der Waals surface area contributed by atoms with Gasteiger partial charge >= 0.3 is 0 Å². The van der Waals surface area contributed by atoms with Crippen molar-refractivity contribution < 1.29 is 0 Å². The molecule has 0 spiro atoms. The van der Waals surface area contributed by atoms with Gasteiger partial charge in [-0.1, -0.05) is 0 Å². The summed E-state index contributed by atoms with van der Waals surface area (Å²) in [5, 5.41) is 8.84. The van der Waals surface area contributed by atoms with Crippen LogP contribution >= 0.6 is 0 Å². The van der Waals surface area contributed by atoms with Gasteiger partial charge < -0.3 is 5.73 Å². The van der Waals surface area contributed by atoms with E-state index in [-0.39, 0.29) is 0 Å². The number of aliphatic imine (C=N–C) groups is 1. The topological polar surface area (TPSA) is 106 Å². The Bertz CT molecular complexity index is 868. The SMILES string of the molecule is CN=C(N)c1ncnc2c1ncn2-c1ccc(C#N)cc1. The molecule has 3 rings (SSSR count). The lowest BCUT2D eigenvalue weighted by atomic mass is 10.2. The molecule has 0 aliphatic rings. The highest BCUT2D eigenvalue weighted by molar-refractivity contribution is 6.04. The van der Waals surface area contributed by atoms with Crippen molar-refractivity contribution in [1.29, 1.82) is 5.26 Å². The monoisotopic (exact) mass is 277 g/mol.